The fourth-order valence-corrected chi connectivity index (χ4v) is 4.53. The number of anilines is 1. The van der Waals surface area contributed by atoms with Crippen molar-refractivity contribution in [3.63, 3.8) is 0 Å². The molecule has 4 rings (SSSR count). The van der Waals surface area contributed by atoms with Gasteiger partial charge in [-0.05, 0) is 76.4 Å². The first-order valence-electron chi connectivity index (χ1n) is 10.0. The van der Waals surface area contributed by atoms with E-state index in [2.05, 4.69) is 34.8 Å². The van der Waals surface area contributed by atoms with Crippen LogP contribution in [0.4, 0.5) is 5.82 Å². The number of nitrogens with one attached hydrogen (secondary N) is 1. The first kappa shape index (κ1) is 17.9. The van der Waals surface area contributed by atoms with Crippen LogP contribution < -0.4 is 5.32 Å². The number of aromatic nitrogens is 2. The zero-order valence-corrected chi connectivity index (χ0v) is 16.6. The van der Waals surface area contributed by atoms with Gasteiger partial charge in [0.2, 0.25) is 0 Å². The largest absolute Gasteiger partial charge is 0.370 e. The first-order valence-corrected chi connectivity index (χ1v) is 10.4. The van der Waals surface area contributed by atoms with Crippen molar-refractivity contribution in [3.8, 4) is 5.69 Å². The molecule has 1 fully saturated rings. The standard InChI is InChI=1S/C21H29ClN4/c1-3-25-12-9-16(10-13-25)20-18-6-4-5-11-23-21(18)26(24-20)19-14-17(22)8-7-15(19)2/h7-8,14,16,23H,3-6,9-13H2,1-2H3. The van der Waals surface area contributed by atoms with Crippen LogP contribution in [0.3, 0.4) is 0 Å². The molecular formula is C21H29ClN4. The number of hydrogen-bond donors (Lipinski definition) is 1. The molecule has 2 aromatic rings. The Morgan fingerprint density at radius 2 is 2.04 bits per heavy atom. The number of piperidine rings is 1. The lowest BCUT2D eigenvalue weighted by molar-refractivity contribution is 0.220. The highest BCUT2D eigenvalue weighted by Gasteiger charge is 2.28. The summed E-state index contributed by atoms with van der Waals surface area (Å²) in [4.78, 5) is 2.55. The highest BCUT2D eigenvalue weighted by atomic mass is 35.5. The van der Waals surface area contributed by atoms with Gasteiger partial charge in [-0.2, -0.15) is 5.10 Å². The summed E-state index contributed by atoms with van der Waals surface area (Å²) in [6, 6.07) is 6.08. The zero-order valence-electron chi connectivity index (χ0n) is 15.9. The number of likely N-dealkylation sites (tertiary alicyclic amines) is 1. The van der Waals surface area contributed by atoms with Crippen LogP contribution >= 0.6 is 11.6 Å². The SMILES string of the molecule is CCN1CCC(c2nn(-c3cc(Cl)ccc3C)c3c2CCCCN3)CC1. The number of nitrogens with zero attached hydrogens (tertiary/aromatic N) is 3. The van der Waals surface area contributed by atoms with Crippen molar-refractivity contribution in [2.24, 2.45) is 0 Å². The summed E-state index contributed by atoms with van der Waals surface area (Å²) in [5, 5.41) is 9.59. The monoisotopic (exact) mass is 372 g/mol. The minimum atomic E-state index is 0.576. The van der Waals surface area contributed by atoms with Gasteiger partial charge in [-0.1, -0.05) is 24.6 Å². The second-order valence-corrected chi connectivity index (χ2v) is 8.08. The highest BCUT2D eigenvalue weighted by Crippen LogP contribution is 2.37. The van der Waals surface area contributed by atoms with Crippen molar-refractivity contribution in [3.05, 3.63) is 40.0 Å². The summed E-state index contributed by atoms with van der Waals surface area (Å²) >= 11 is 6.30. The smallest absolute Gasteiger partial charge is 0.133 e. The second kappa shape index (κ2) is 7.61. The van der Waals surface area contributed by atoms with Crippen molar-refractivity contribution in [2.45, 2.75) is 51.9 Å². The Morgan fingerprint density at radius 1 is 1.23 bits per heavy atom. The summed E-state index contributed by atoms with van der Waals surface area (Å²) in [7, 11) is 0. The van der Waals surface area contributed by atoms with E-state index in [0.717, 1.165) is 30.2 Å². The Hall–Kier alpha value is -1.52. The van der Waals surface area contributed by atoms with Crippen LogP contribution in [0.2, 0.25) is 5.02 Å². The van der Waals surface area contributed by atoms with Crippen molar-refractivity contribution >= 4 is 17.4 Å². The van der Waals surface area contributed by atoms with Crippen LogP contribution in [-0.4, -0.2) is 40.9 Å². The number of benzene rings is 1. The van der Waals surface area contributed by atoms with Crippen molar-refractivity contribution < 1.29 is 0 Å². The van der Waals surface area contributed by atoms with Crippen LogP contribution in [-0.2, 0) is 6.42 Å². The molecule has 0 radical (unpaired) electrons. The maximum absolute atomic E-state index is 6.30. The van der Waals surface area contributed by atoms with Gasteiger partial charge in [-0.25, -0.2) is 4.68 Å². The maximum atomic E-state index is 6.30. The zero-order chi connectivity index (χ0) is 18.1. The van der Waals surface area contributed by atoms with E-state index >= 15 is 0 Å². The molecule has 5 heteroatoms. The second-order valence-electron chi connectivity index (χ2n) is 7.65. The van der Waals surface area contributed by atoms with Crippen molar-refractivity contribution in [1.29, 1.82) is 0 Å². The third-order valence-corrected chi connectivity index (χ3v) is 6.22. The van der Waals surface area contributed by atoms with Crippen molar-refractivity contribution in [1.82, 2.24) is 14.7 Å². The van der Waals surface area contributed by atoms with Gasteiger partial charge in [-0.15, -0.1) is 0 Å². The lowest BCUT2D eigenvalue weighted by atomic mass is 9.90. The summed E-state index contributed by atoms with van der Waals surface area (Å²) in [6.45, 7) is 8.94. The number of rotatable bonds is 3. The summed E-state index contributed by atoms with van der Waals surface area (Å²) in [5.74, 6) is 1.77. The average Bonchev–Trinajstić information content (AvgIpc) is 2.85. The molecule has 1 aromatic carbocycles. The van der Waals surface area contributed by atoms with E-state index in [1.807, 2.05) is 12.1 Å². The van der Waals surface area contributed by atoms with E-state index in [9.17, 15) is 0 Å². The Labute approximate surface area is 161 Å². The fraction of sp³-hybridized carbons (Fsp3) is 0.571. The van der Waals surface area contributed by atoms with E-state index in [0.29, 0.717) is 5.92 Å². The van der Waals surface area contributed by atoms with Crippen LogP contribution in [0.15, 0.2) is 18.2 Å². The van der Waals surface area contributed by atoms with Gasteiger partial charge in [0.25, 0.3) is 0 Å². The predicted molar refractivity (Wildman–Crippen MR) is 109 cm³/mol. The highest BCUT2D eigenvalue weighted by molar-refractivity contribution is 6.30. The van der Waals surface area contributed by atoms with Crippen LogP contribution in [0.1, 0.15) is 55.3 Å². The molecule has 140 valence electrons. The van der Waals surface area contributed by atoms with Gasteiger partial charge in [0, 0.05) is 23.0 Å². The van der Waals surface area contributed by atoms with Gasteiger partial charge >= 0.3 is 0 Å². The fourth-order valence-electron chi connectivity index (χ4n) is 4.36. The molecule has 4 nitrogen and oxygen atoms in total. The quantitative estimate of drug-likeness (QED) is 0.841. The molecule has 0 amide bonds. The van der Waals surface area contributed by atoms with E-state index in [-0.39, 0.29) is 0 Å². The molecule has 0 atom stereocenters. The van der Waals surface area contributed by atoms with Gasteiger partial charge in [-0.3, -0.25) is 0 Å². The van der Waals surface area contributed by atoms with Crippen LogP contribution in [0.5, 0.6) is 0 Å². The Balaban J connectivity index is 1.76. The van der Waals surface area contributed by atoms with Gasteiger partial charge in [0.05, 0.1) is 11.4 Å². The molecule has 1 N–H and O–H groups in total. The topological polar surface area (TPSA) is 33.1 Å². The molecule has 2 aliphatic rings. The molecule has 26 heavy (non-hydrogen) atoms. The van der Waals surface area contributed by atoms with E-state index in [4.69, 9.17) is 16.7 Å². The number of fused-ring (bicyclic) bond motifs is 1. The lowest BCUT2D eigenvalue weighted by Gasteiger charge is -2.30. The molecule has 0 bridgehead atoms. The molecule has 0 spiro atoms. The minimum Gasteiger partial charge on any atom is -0.370 e. The third-order valence-electron chi connectivity index (χ3n) is 5.98. The van der Waals surface area contributed by atoms with Gasteiger partial charge in [0.1, 0.15) is 5.82 Å². The molecule has 1 aromatic heterocycles. The maximum Gasteiger partial charge on any atom is 0.133 e. The Morgan fingerprint density at radius 3 is 2.81 bits per heavy atom. The van der Waals surface area contributed by atoms with Gasteiger partial charge in [0.15, 0.2) is 0 Å². The number of halogens is 1. The molecule has 0 saturated carbocycles. The third kappa shape index (κ3) is 3.37. The summed E-state index contributed by atoms with van der Waals surface area (Å²) in [5.41, 5.74) is 5.07. The summed E-state index contributed by atoms with van der Waals surface area (Å²) < 4.78 is 2.13. The van der Waals surface area contributed by atoms with E-state index in [1.165, 1.54) is 61.4 Å². The van der Waals surface area contributed by atoms with E-state index < -0.39 is 0 Å². The summed E-state index contributed by atoms with van der Waals surface area (Å²) in [6.07, 6.45) is 6.01. The molecular weight excluding hydrogens is 344 g/mol. The van der Waals surface area contributed by atoms with Crippen molar-refractivity contribution in [2.75, 3.05) is 31.5 Å². The lowest BCUT2D eigenvalue weighted by Crippen LogP contribution is -2.33. The Kier molecular flexibility index (Phi) is 5.23. The van der Waals surface area contributed by atoms with Crippen LogP contribution in [0.25, 0.3) is 5.69 Å². The minimum absolute atomic E-state index is 0.576. The van der Waals surface area contributed by atoms with Gasteiger partial charge < -0.3 is 10.2 Å². The Bertz CT molecular complexity index is 775. The first-order chi connectivity index (χ1) is 12.7. The van der Waals surface area contributed by atoms with Crippen LogP contribution in [0, 0.1) is 6.92 Å². The average molecular weight is 373 g/mol. The molecule has 0 aliphatic carbocycles. The molecule has 1 saturated heterocycles. The number of aryl methyl sites for hydroxylation is 1. The van der Waals surface area contributed by atoms with E-state index in [1.54, 1.807) is 0 Å². The molecule has 3 heterocycles. The number of hydrogen-bond acceptors (Lipinski definition) is 3. The predicted octanol–water partition coefficient (Wildman–Crippen LogP) is 4.78. The molecule has 2 aliphatic heterocycles. The molecule has 0 unspecified atom stereocenters. The normalized spacial score (nSPS) is 19.0.